The first-order valence-electron chi connectivity index (χ1n) is 11.5. The fourth-order valence-electron chi connectivity index (χ4n) is 5.13. The van der Waals surface area contributed by atoms with Crippen molar-refractivity contribution in [3.05, 3.63) is 35.5 Å². The van der Waals surface area contributed by atoms with Gasteiger partial charge in [0.1, 0.15) is 0 Å². The van der Waals surface area contributed by atoms with Crippen LogP contribution < -0.4 is 13.9 Å². The van der Waals surface area contributed by atoms with Crippen LogP contribution in [0, 0.1) is 0 Å². The number of fused-ring (bicyclic) bond motifs is 2. The Morgan fingerprint density at radius 1 is 1.18 bits per heavy atom. The predicted octanol–water partition coefficient (Wildman–Crippen LogP) is 4.60. The summed E-state index contributed by atoms with van der Waals surface area (Å²) in [6, 6.07) is 6.28. The van der Waals surface area contributed by atoms with Gasteiger partial charge in [0.2, 0.25) is 0 Å². The van der Waals surface area contributed by atoms with E-state index < -0.39 is 36.2 Å². The van der Waals surface area contributed by atoms with Gasteiger partial charge in [0.25, 0.3) is 0 Å². The SMILES string of the molecule is [CH3][Sn]([CH3])([CH3])[c]1nc(Nc2ccc(N3C[C@H]4C[C@@H]3CN4C(=O)O)cc2C2CC2)ncc1C(F)(F)F. The normalized spacial score (nSPS) is 22.4. The quantitative estimate of drug-likeness (QED) is 0.502. The third-order valence-corrected chi connectivity index (χ3v) is 12.1. The minimum atomic E-state index is -4.47. The van der Waals surface area contributed by atoms with Gasteiger partial charge in [-0.2, -0.15) is 0 Å². The van der Waals surface area contributed by atoms with Gasteiger partial charge in [0, 0.05) is 0 Å². The Morgan fingerprint density at radius 3 is 2.47 bits per heavy atom. The zero-order valence-electron chi connectivity index (χ0n) is 19.4. The van der Waals surface area contributed by atoms with Gasteiger partial charge in [-0.15, -0.1) is 0 Å². The summed E-state index contributed by atoms with van der Waals surface area (Å²) in [5.41, 5.74) is 2.26. The molecule has 2 bridgehead atoms. The summed E-state index contributed by atoms with van der Waals surface area (Å²) in [7, 11) is 0. The number of carbonyl (C=O) groups is 1. The molecule has 2 atom stereocenters. The second kappa shape index (κ2) is 8.17. The second-order valence-electron chi connectivity index (χ2n) is 10.5. The Balaban J connectivity index is 1.42. The summed E-state index contributed by atoms with van der Waals surface area (Å²) >= 11 is -3.18. The van der Waals surface area contributed by atoms with Gasteiger partial charge in [-0.25, -0.2) is 4.79 Å². The van der Waals surface area contributed by atoms with Gasteiger partial charge in [-0.1, -0.05) is 0 Å². The van der Waals surface area contributed by atoms with Crippen LogP contribution in [0.15, 0.2) is 24.4 Å². The molecule has 3 heterocycles. The van der Waals surface area contributed by atoms with E-state index in [2.05, 4.69) is 26.3 Å². The van der Waals surface area contributed by atoms with Crippen LogP contribution >= 0.6 is 0 Å². The van der Waals surface area contributed by atoms with Crippen LogP contribution in [0.2, 0.25) is 14.8 Å². The summed E-state index contributed by atoms with van der Waals surface area (Å²) in [6.45, 7) is 1.19. The molecule has 2 saturated heterocycles. The van der Waals surface area contributed by atoms with E-state index in [1.807, 2.05) is 27.0 Å². The Morgan fingerprint density at radius 2 is 1.91 bits per heavy atom. The van der Waals surface area contributed by atoms with Gasteiger partial charge in [-0.05, 0) is 0 Å². The van der Waals surface area contributed by atoms with Crippen LogP contribution in [0.4, 0.5) is 35.3 Å². The molecule has 182 valence electrons. The molecule has 3 aliphatic rings. The van der Waals surface area contributed by atoms with Gasteiger partial charge in [0.15, 0.2) is 0 Å². The Bertz CT molecular complexity index is 1130. The molecule has 2 N–H and O–H groups in total. The summed E-state index contributed by atoms with van der Waals surface area (Å²) in [6.07, 6.45) is -1.45. The number of rotatable bonds is 5. The number of nitrogens with zero attached hydrogens (tertiary/aromatic N) is 4. The maximum absolute atomic E-state index is 13.5. The molecule has 2 aliphatic heterocycles. The number of halogens is 3. The molecule has 0 spiro atoms. The van der Waals surface area contributed by atoms with E-state index in [9.17, 15) is 23.1 Å². The van der Waals surface area contributed by atoms with Crippen LogP contribution in [0.3, 0.4) is 0 Å². The summed E-state index contributed by atoms with van der Waals surface area (Å²) in [5, 5.41) is 12.6. The van der Waals surface area contributed by atoms with Crippen molar-refractivity contribution >= 4 is 45.5 Å². The van der Waals surface area contributed by atoms with Gasteiger partial charge >= 0.3 is 191 Å². The van der Waals surface area contributed by atoms with Crippen molar-refractivity contribution < 1.29 is 23.1 Å². The molecule has 0 radical (unpaired) electrons. The molecule has 0 unspecified atom stereocenters. The van der Waals surface area contributed by atoms with Gasteiger partial charge in [-0.3, -0.25) is 0 Å². The molecule has 7 nitrogen and oxygen atoms in total. The van der Waals surface area contributed by atoms with Crippen molar-refractivity contribution in [3.63, 3.8) is 0 Å². The van der Waals surface area contributed by atoms with E-state index in [0.717, 1.165) is 42.4 Å². The third-order valence-electron chi connectivity index (χ3n) is 6.92. The molecular formula is C23H28F3N5O2Sn. The summed E-state index contributed by atoms with van der Waals surface area (Å²) in [5.74, 6) is 0.593. The molecule has 1 aromatic carbocycles. The number of anilines is 3. The zero-order valence-corrected chi connectivity index (χ0v) is 22.2. The average molecular weight is 582 g/mol. The fourth-order valence-corrected chi connectivity index (χ4v) is 9.29. The first-order valence-corrected chi connectivity index (χ1v) is 21.5. The first-order chi connectivity index (χ1) is 15.9. The Hall–Kier alpha value is -2.24. The number of nitrogens with one attached hydrogen (secondary N) is 1. The van der Waals surface area contributed by atoms with Crippen LogP contribution in [0.5, 0.6) is 0 Å². The Labute approximate surface area is 200 Å². The second-order valence-corrected chi connectivity index (χ2v) is 24.7. The van der Waals surface area contributed by atoms with E-state index >= 15 is 0 Å². The van der Waals surface area contributed by atoms with E-state index in [1.54, 1.807) is 0 Å². The van der Waals surface area contributed by atoms with Crippen molar-refractivity contribution in [2.24, 2.45) is 0 Å². The number of likely N-dealkylation sites (tertiary alicyclic amines) is 1. The summed E-state index contributed by atoms with van der Waals surface area (Å²) < 4.78 is 40.8. The minimum absolute atomic E-state index is 0.0207. The number of hydrogen-bond acceptors (Lipinski definition) is 5. The van der Waals surface area contributed by atoms with E-state index in [-0.39, 0.29) is 21.7 Å². The molecule has 1 aromatic heterocycles. The fraction of sp³-hybridized carbons (Fsp3) is 0.522. The predicted molar refractivity (Wildman–Crippen MR) is 126 cm³/mol. The van der Waals surface area contributed by atoms with Crippen molar-refractivity contribution in [2.75, 3.05) is 23.3 Å². The monoisotopic (exact) mass is 583 g/mol. The number of benzene rings is 1. The number of carboxylic acid groups (broad SMARTS) is 1. The molecule has 2 aromatic rings. The van der Waals surface area contributed by atoms with E-state index in [4.69, 9.17) is 0 Å². The van der Waals surface area contributed by atoms with Crippen LogP contribution in [-0.4, -0.2) is 69.6 Å². The van der Waals surface area contributed by atoms with Crippen molar-refractivity contribution in [2.45, 2.75) is 58.3 Å². The van der Waals surface area contributed by atoms with E-state index in [1.165, 1.54) is 4.90 Å². The number of amides is 1. The average Bonchev–Trinajstić information content (AvgIpc) is 3.39. The van der Waals surface area contributed by atoms with Crippen LogP contribution in [0.1, 0.15) is 36.3 Å². The number of piperazine rings is 1. The number of aromatic nitrogens is 2. The molecule has 34 heavy (non-hydrogen) atoms. The van der Waals surface area contributed by atoms with Crippen molar-refractivity contribution in [1.29, 1.82) is 0 Å². The molecular weight excluding hydrogens is 554 g/mol. The van der Waals surface area contributed by atoms with Crippen molar-refractivity contribution in [1.82, 2.24) is 14.9 Å². The molecule has 1 aliphatic carbocycles. The zero-order chi connectivity index (χ0) is 24.4. The molecule has 3 fully saturated rings. The maximum atomic E-state index is 13.5. The van der Waals surface area contributed by atoms with Gasteiger partial charge < -0.3 is 5.11 Å². The standard InChI is InChI=1S/C20H19F3N5O2.3CH3.Sn/c21-20(22,23)12-7-24-18(25-8-12)26-17-4-3-13(6-16(17)11-1-2-11)27-9-15-5-14(27)10-28(15)19(29)30;;;;/h3-4,6-7,11,14-15H,1-2,5,9-10H2,(H,29,30)(H,24,25,26);3*1H3;/t14-,15-;;;;/m1..../s1. The molecule has 1 amide bonds. The van der Waals surface area contributed by atoms with Crippen molar-refractivity contribution in [3.8, 4) is 0 Å². The van der Waals surface area contributed by atoms with Gasteiger partial charge in [0.05, 0.1) is 0 Å². The number of hydrogen-bond donors (Lipinski definition) is 2. The first kappa shape index (κ1) is 23.5. The third kappa shape index (κ3) is 4.40. The topological polar surface area (TPSA) is 81.6 Å². The number of alkyl halides is 3. The van der Waals surface area contributed by atoms with E-state index in [0.29, 0.717) is 19.0 Å². The van der Waals surface area contributed by atoms with Crippen LogP contribution in [0.25, 0.3) is 0 Å². The van der Waals surface area contributed by atoms with Crippen LogP contribution in [-0.2, 0) is 6.18 Å². The molecule has 1 saturated carbocycles. The molecule has 11 heteroatoms. The summed E-state index contributed by atoms with van der Waals surface area (Å²) in [4.78, 5) is 29.3. The molecule has 5 rings (SSSR count). The Kier molecular flexibility index (Phi) is 5.64.